The maximum absolute atomic E-state index is 11.2. The Morgan fingerprint density at radius 2 is 2.05 bits per heavy atom. The van der Waals surface area contributed by atoms with E-state index in [-0.39, 0.29) is 17.9 Å². The fourth-order valence-electron chi connectivity index (χ4n) is 2.60. The summed E-state index contributed by atoms with van der Waals surface area (Å²) in [6.07, 6.45) is -1.76. The monoisotopic (exact) mass is 299 g/mol. The Morgan fingerprint density at radius 1 is 1.38 bits per heavy atom. The third-order valence-electron chi connectivity index (χ3n) is 3.48. The number of carbonyl (C=O) groups excluding carboxylic acids is 1. The van der Waals surface area contributed by atoms with E-state index in [1.807, 2.05) is 0 Å². The molecule has 1 aromatic rings. The summed E-state index contributed by atoms with van der Waals surface area (Å²) >= 11 is 0. The summed E-state index contributed by atoms with van der Waals surface area (Å²) in [5.41, 5.74) is 0.276. The van der Waals surface area contributed by atoms with E-state index in [1.54, 1.807) is 0 Å². The first-order chi connectivity index (χ1) is 9.86. The van der Waals surface area contributed by atoms with Crippen LogP contribution in [0, 0.1) is 0 Å². The highest BCUT2D eigenvalue weighted by molar-refractivity contribution is 5.73. The number of hydrogen-bond donors (Lipinski definition) is 5. The van der Waals surface area contributed by atoms with Gasteiger partial charge in [-0.05, 0) is 0 Å². The minimum absolute atomic E-state index is 0.207. The molecule has 1 amide bonds. The molecule has 5 N–H and O–H groups in total. The largest absolute Gasteiger partial charge is 0.481 e. The molecule has 0 aromatic carbocycles. The summed E-state index contributed by atoms with van der Waals surface area (Å²) in [5.74, 6) is -1.31. The number of nitrogens with one attached hydrogen (secondary N) is 1. The van der Waals surface area contributed by atoms with Crippen molar-refractivity contribution in [3.63, 3.8) is 0 Å². The highest BCUT2D eigenvalue weighted by Gasteiger charge is 2.43. The van der Waals surface area contributed by atoms with Gasteiger partial charge in [-0.3, -0.25) is 9.59 Å². The first-order valence-electron chi connectivity index (χ1n) is 6.38. The number of carboxylic acid groups (broad SMARTS) is 1. The van der Waals surface area contributed by atoms with Crippen molar-refractivity contribution >= 4 is 11.9 Å². The Morgan fingerprint density at radius 3 is 2.57 bits per heavy atom. The van der Waals surface area contributed by atoms with Crippen LogP contribution < -0.4 is 5.32 Å². The van der Waals surface area contributed by atoms with E-state index in [0.717, 1.165) is 0 Å². The van der Waals surface area contributed by atoms with Crippen LogP contribution in [-0.2, 0) is 16.0 Å². The molecule has 9 nitrogen and oxygen atoms in total. The van der Waals surface area contributed by atoms with Gasteiger partial charge in [-0.25, -0.2) is 4.98 Å². The molecule has 9 heteroatoms. The summed E-state index contributed by atoms with van der Waals surface area (Å²) in [4.78, 5) is 26.1. The van der Waals surface area contributed by atoms with Gasteiger partial charge in [0.05, 0.1) is 19.1 Å². The van der Waals surface area contributed by atoms with Gasteiger partial charge in [-0.1, -0.05) is 0 Å². The number of fused-ring (bicyclic) bond motifs is 1. The molecule has 2 rings (SSSR count). The molecule has 1 aliphatic heterocycles. The Balaban J connectivity index is 2.49. The van der Waals surface area contributed by atoms with Gasteiger partial charge in [0.25, 0.3) is 0 Å². The minimum atomic E-state index is -1.36. The number of aliphatic hydroxyl groups excluding tert-OH is 3. The Bertz CT molecular complexity index is 557. The van der Waals surface area contributed by atoms with Gasteiger partial charge in [-0.2, -0.15) is 0 Å². The fourth-order valence-corrected chi connectivity index (χ4v) is 2.60. The lowest BCUT2D eigenvalue weighted by molar-refractivity contribution is -0.136. The zero-order valence-electron chi connectivity index (χ0n) is 11.3. The Kier molecular flexibility index (Phi) is 4.26. The number of imidazole rings is 1. The maximum atomic E-state index is 11.2. The van der Waals surface area contributed by atoms with Crippen LogP contribution in [0.15, 0.2) is 6.20 Å². The first kappa shape index (κ1) is 15.4. The fraction of sp³-hybridized carbons (Fsp3) is 0.583. The average molecular weight is 299 g/mol. The van der Waals surface area contributed by atoms with Crippen LogP contribution in [0.2, 0.25) is 0 Å². The topological polar surface area (TPSA) is 145 Å². The van der Waals surface area contributed by atoms with E-state index in [1.165, 1.54) is 17.7 Å². The predicted octanol–water partition coefficient (Wildman–Crippen LogP) is -2.04. The van der Waals surface area contributed by atoms with Gasteiger partial charge >= 0.3 is 5.97 Å². The van der Waals surface area contributed by atoms with Gasteiger partial charge in [-0.15, -0.1) is 0 Å². The van der Waals surface area contributed by atoms with Crippen LogP contribution in [0.1, 0.15) is 30.5 Å². The number of hydrogen-bond acceptors (Lipinski definition) is 6. The molecule has 2 heterocycles. The zero-order chi connectivity index (χ0) is 15.7. The van der Waals surface area contributed by atoms with Crippen LogP contribution in [-0.4, -0.2) is 60.7 Å². The van der Waals surface area contributed by atoms with Gasteiger partial charge in [0.2, 0.25) is 5.91 Å². The summed E-state index contributed by atoms with van der Waals surface area (Å²) in [6.45, 7) is 0.754. The summed E-state index contributed by atoms with van der Waals surface area (Å²) in [5, 5.41) is 40.9. The van der Waals surface area contributed by atoms with E-state index in [0.29, 0.717) is 0 Å². The molecule has 0 saturated carbocycles. The smallest absolute Gasteiger partial charge is 0.309 e. The van der Waals surface area contributed by atoms with Gasteiger partial charge in [0.1, 0.15) is 24.1 Å². The van der Waals surface area contributed by atoms with E-state index < -0.39 is 42.8 Å². The van der Waals surface area contributed by atoms with Crippen LogP contribution in [0.3, 0.4) is 0 Å². The van der Waals surface area contributed by atoms with Crippen molar-refractivity contribution in [2.24, 2.45) is 0 Å². The molecular formula is C12H17N3O6. The number of carboxylic acids is 1. The number of aliphatic carboxylic acids is 1. The number of nitrogens with zero attached hydrogens (tertiary/aromatic N) is 2. The summed E-state index contributed by atoms with van der Waals surface area (Å²) in [7, 11) is 0. The molecule has 0 bridgehead atoms. The van der Waals surface area contributed by atoms with Crippen molar-refractivity contribution in [2.45, 2.75) is 37.6 Å². The lowest BCUT2D eigenvalue weighted by Gasteiger charge is -2.38. The average Bonchev–Trinajstić information content (AvgIpc) is 2.78. The molecule has 0 fully saturated rings. The highest BCUT2D eigenvalue weighted by Crippen LogP contribution is 2.33. The second-order valence-corrected chi connectivity index (χ2v) is 4.96. The van der Waals surface area contributed by atoms with Crippen molar-refractivity contribution in [2.75, 3.05) is 6.61 Å². The molecule has 0 saturated heterocycles. The third kappa shape index (κ3) is 2.75. The predicted molar refractivity (Wildman–Crippen MR) is 68.3 cm³/mol. The molecular weight excluding hydrogens is 282 g/mol. The van der Waals surface area contributed by atoms with E-state index in [9.17, 15) is 24.9 Å². The molecule has 1 aromatic heterocycles. The third-order valence-corrected chi connectivity index (χ3v) is 3.48. The second kappa shape index (κ2) is 5.80. The molecule has 1 aliphatic rings. The van der Waals surface area contributed by atoms with E-state index >= 15 is 0 Å². The first-order valence-corrected chi connectivity index (χ1v) is 6.38. The molecule has 0 aliphatic carbocycles. The lowest BCUT2D eigenvalue weighted by atomic mass is 9.93. The number of rotatable bonds is 4. The van der Waals surface area contributed by atoms with Crippen LogP contribution in [0.4, 0.5) is 0 Å². The normalized spacial score (nSPS) is 28.0. The van der Waals surface area contributed by atoms with Crippen LogP contribution in [0.25, 0.3) is 0 Å². The summed E-state index contributed by atoms with van der Waals surface area (Å²) in [6, 6.07) is -1.89. The van der Waals surface area contributed by atoms with E-state index in [2.05, 4.69) is 10.3 Å². The quantitative estimate of drug-likeness (QED) is 0.430. The highest BCUT2D eigenvalue weighted by atomic mass is 16.4. The molecule has 21 heavy (non-hydrogen) atoms. The van der Waals surface area contributed by atoms with Gasteiger partial charge in [0, 0.05) is 18.8 Å². The molecule has 0 radical (unpaired) electrons. The van der Waals surface area contributed by atoms with Gasteiger partial charge in [0.15, 0.2) is 0 Å². The summed E-state index contributed by atoms with van der Waals surface area (Å²) < 4.78 is 1.37. The molecule has 0 unspecified atom stereocenters. The lowest BCUT2D eigenvalue weighted by Crippen LogP contribution is -2.51. The maximum Gasteiger partial charge on any atom is 0.309 e. The molecule has 4 atom stereocenters. The standard InChI is InChI=1S/C12H17N3O6/c1-5(17)14-9-11(21)10(20)7(4-16)15-6(2-8(18)19)3-13-12(9)15/h3,7,9-11,16,20-21H,2,4H2,1H3,(H,14,17)(H,18,19)/t7-,9-,10+,11-/m0/s1. The van der Waals surface area contributed by atoms with Crippen molar-refractivity contribution in [1.29, 1.82) is 0 Å². The van der Waals surface area contributed by atoms with Crippen LogP contribution in [0.5, 0.6) is 0 Å². The Labute approximate surface area is 119 Å². The van der Waals surface area contributed by atoms with Crippen molar-refractivity contribution in [1.82, 2.24) is 14.9 Å². The van der Waals surface area contributed by atoms with Crippen molar-refractivity contribution in [3.05, 3.63) is 17.7 Å². The second-order valence-electron chi connectivity index (χ2n) is 4.96. The Hall–Kier alpha value is -1.97. The van der Waals surface area contributed by atoms with E-state index in [4.69, 9.17) is 5.11 Å². The van der Waals surface area contributed by atoms with Crippen molar-refractivity contribution < 1.29 is 30.0 Å². The number of aromatic nitrogens is 2. The molecule has 116 valence electrons. The number of aliphatic hydroxyl groups is 3. The van der Waals surface area contributed by atoms with Crippen LogP contribution >= 0.6 is 0 Å². The minimum Gasteiger partial charge on any atom is -0.481 e. The zero-order valence-corrected chi connectivity index (χ0v) is 11.3. The number of amides is 1. The van der Waals surface area contributed by atoms with Gasteiger partial charge < -0.3 is 30.3 Å². The number of carbonyl (C=O) groups is 2. The van der Waals surface area contributed by atoms with Crippen molar-refractivity contribution in [3.8, 4) is 0 Å². The SMILES string of the molecule is CC(=O)N[C@@H]1c2ncc(CC(=O)O)n2[C@@H](CO)[C@@H](O)[C@H]1O. The molecule has 0 spiro atoms.